The molecule has 36 heavy (non-hydrogen) atoms. The number of rotatable bonds is 7. The Hall–Kier alpha value is -2.76. The number of pyridine rings is 1. The van der Waals surface area contributed by atoms with Gasteiger partial charge in [-0.1, -0.05) is 18.2 Å². The SMILES string of the molecule is CC1CC(Nc2ccc(F)c(C[C@@]3(C(=O)O)CCN(Cc4cccc(C(F)(F)F)c4)[C@H](C)C3)n2)NN1. The first kappa shape index (κ1) is 26.3. The van der Waals surface area contributed by atoms with E-state index in [9.17, 15) is 27.5 Å². The molecule has 2 unspecified atom stereocenters. The van der Waals surface area contributed by atoms with Crippen molar-refractivity contribution < 1.29 is 27.5 Å². The Morgan fingerprint density at radius 2 is 2.03 bits per heavy atom. The van der Waals surface area contributed by atoms with Gasteiger partial charge in [-0.25, -0.2) is 14.8 Å². The Kier molecular flexibility index (Phi) is 7.53. The number of aromatic nitrogens is 1. The summed E-state index contributed by atoms with van der Waals surface area (Å²) in [4.78, 5) is 18.8. The minimum atomic E-state index is -4.43. The van der Waals surface area contributed by atoms with Crippen LogP contribution in [0.2, 0.25) is 0 Å². The zero-order valence-electron chi connectivity index (χ0n) is 20.2. The van der Waals surface area contributed by atoms with E-state index >= 15 is 0 Å². The van der Waals surface area contributed by atoms with Crippen LogP contribution in [0, 0.1) is 11.2 Å². The Bertz CT molecular complexity index is 1100. The molecule has 3 heterocycles. The maximum atomic E-state index is 14.7. The van der Waals surface area contributed by atoms with Crippen LogP contribution < -0.4 is 16.2 Å². The lowest BCUT2D eigenvalue weighted by Gasteiger charge is -2.43. The summed E-state index contributed by atoms with van der Waals surface area (Å²) < 4.78 is 54.0. The number of benzene rings is 1. The van der Waals surface area contributed by atoms with Crippen molar-refractivity contribution in [3.05, 3.63) is 59.0 Å². The second-order valence-corrected chi connectivity index (χ2v) is 9.98. The van der Waals surface area contributed by atoms with Gasteiger partial charge in [0, 0.05) is 25.0 Å². The smallest absolute Gasteiger partial charge is 0.416 e. The highest BCUT2D eigenvalue weighted by atomic mass is 19.4. The maximum Gasteiger partial charge on any atom is 0.416 e. The molecule has 4 rings (SSSR count). The fourth-order valence-electron chi connectivity index (χ4n) is 5.12. The molecule has 7 nitrogen and oxygen atoms in total. The third kappa shape index (κ3) is 5.96. The van der Waals surface area contributed by atoms with Gasteiger partial charge in [0.2, 0.25) is 0 Å². The van der Waals surface area contributed by atoms with Crippen LogP contribution in [-0.2, 0) is 23.9 Å². The van der Waals surface area contributed by atoms with E-state index < -0.39 is 28.9 Å². The number of nitrogens with zero attached hydrogens (tertiary/aromatic N) is 2. The number of hydrogen-bond donors (Lipinski definition) is 4. The zero-order valence-corrected chi connectivity index (χ0v) is 20.2. The normalized spacial score (nSPS) is 27.2. The molecule has 2 aliphatic heterocycles. The quantitative estimate of drug-likeness (QED) is 0.417. The number of nitrogens with one attached hydrogen (secondary N) is 3. The number of aliphatic carboxylic acids is 1. The Morgan fingerprint density at radius 3 is 2.67 bits per heavy atom. The molecule has 0 saturated carbocycles. The lowest BCUT2D eigenvalue weighted by Crippen LogP contribution is -2.49. The van der Waals surface area contributed by atoms with Crippen molar-refractivity contribution in [2.24, 2.45) is 5.41 Å². The van der Waals surface area contributed by atoms with Crippen LogP contribution >= 0.6 is 0 Å². The highest BCUT2D eigenvalue weighted by Gasteiger charge is 2.45. The van der Waals surface area contributed by atoms with E-state index in [0.717, 1.165) is 18.6 Å². The van der Waals surface area contributed by atoms with E-state index in [4.69, 9.17) is 0 Å². The Morgan fingerprint density at radius 1 is 1.25 bits per heavy atom. The standard InChI is InChI=1S/C25H31F4N5O2/c1-15-10-22(33-32-15)31-21-7-6-19(26)20(30-21)13-24(23(35)36)8-9-34(16(2)12-24)14-17-4-3-5-18(11-17)25(27,28)29/h3-7,11,15-16,22,32-33H,8-10,12-14H2,1-2H3,(H,30,31)(H,35,36)/t15?,16-,22?,24-/m1/s1. The number of halogens is 4. The number of hydrogen-bond acceptors (Lipinski definition) is 6. The van der Waals surface area contributed by atoms with Gasteiger partial charge in [0.25, 0.3) is 0 Å². The average molecular weight is 510 g/mol. The summed E-state index contributed by atoms with van der Waals surface area (Å²) in [6.45, 7) is 4.51. The van der Waals surface area contributed by atoms with Gasteiger partial charge in [-0.3, -0.25) is 15.1 Å². The highest BCUT2D eigenvalue weighted by Crippen LogP contribution is 2.39. The van der Waals surface area contributed by atoms with E-state index in [1.807, 2.05) is 18.7 Å². The topological polar surface area (TPSA) is 89.5 Å². The van der Waals surface area contributed by atoms with Gasteiger partial charge in [-0.2, -0.15) is 13.2 Å². The van der Waals surface area contributed by atoms with Crippen molar-refractivity contribution in [2.45, 2.75) is 70.5 Å². The molecule has 2 aliphatic rings. The first-order valence-corrected chi connectivity index (χ1v) is 12.0. The van der Waals surface area contributed by atoms with Gasteiger partial charge >= 0.3 is 12.1 Å². The van der Waals surface area contributed by atoms with Gasteiger partial charge in [0.05, 0.1) is 22.8 Å². The minimum absolute atomic E-state index is 0.0713. The molecule has 11 heteroatoms. The molecule has 0 bridgehead atoms. The van der Waals surface area contributed by atoms with Crippen LogP contribution in [-0.4, -0.2) is 45.8 Å². The number of alkyl halides is 3. The van der Waals surface area contributed by atoms with E-state index in [1.165, 1.54) is 18.2 Å². The summed E-state index contributed by atoms with van der Waals surface area (Å²) >= 11 is 0. The largest absolute Gasteiger partial charge is 0.481 e. The van der Waals surface area contributed by atoms with Crippen molar-refractivity contribution in [3.63, 3.8) is 0 Å². The van der Waals surface area contributed by atoms with Crippen LogP contribution in [0.25, 0.3) is 0 Å². The van der Waals surface area contributed by atoms with Crippen molar-refractivity contribution in [3.8, 4) is 0 Å². The molecule has 4 N–H and O–H groups in total. The molecule has 4 atom stereocenters. The second kappa shape index (κ2) is 10.3. The predicted molar refractivity (Wildman–Crippen MR) is 126 cm³/mol. The summed E-state index contributed by atoms with van der Waals surface area (Å²) in [6, 6.07) is 8.01. The first-order chi connectivity index (χ1) is 16.9. The van der Waals surface area contributed by atoms with Crippen LogP contribution in [0.1, 0.15) is 49.9 Å². The molecule has 1 aromatic heterocycles. The van der Waals surface area contributed by atoms with Crippen molar-refractivity contribution in [1.82, 2.24) is 20.7 Å². The molecule has 2 aromatic rings. The van der Waals surface area contributed by atoms with Crippen LogP contribution in [0.4, 0.5) is 23.4 Å². The van der Waals surface area contributed by atoms with E-state index in [0.29, 0.717) is 17.9 Å². The summed E-state index contributed by atoms with van der Waals surface area (Å²) in [5.74, 6) is -1.13. The third-order valence-electron chi connectivity index (χ3n) is 7.12. The lowest BCUT2D eigenvalue weighted by atomic mass is 9.72. The van der Waals surface area contributed by atoms with Gasteiger partial charge in [0.15, 0.2) is 0 Å². The fourth-order valence-corrected chi connectivity index (χ4v) is 5.12. The van der Waals surface area contributed by atoms with Crippen molar-refractivity contribution >= 4 is 11.8 Å². The van der Waals surface area contributed by atoms with Crippen LogP contribution in [0.15, 0.2) is 36.4 Å². The van der Waals surface area contributed by atoms with E-state index in [1.54, 1.807) is 6.07 Å². The van der Waals surface area contributed by atoms with Crippen LogP contribution in [0.5, 0.6) is 0 Å². The molecule has 0 amide bonds. The Balaban J connectivity index is 1.47. The van der Waals surface area contributed by atoms with Gasteiger partial charge in [0.1, 0.15) is 11.6 Å². The zero-order chi connectivity index (χ0) is 26.1. The monoisotopic (exact) mass is 509 g/mol. The molecule has 0 radical (unpaired) electrons. The number of hydrazine groups is 1. The second-order valence-electron chi connectivity index (χ2n) is 9.98. The molecule has 0 aliphatic carbocycles. The third-order valence-corrected chi connectivity index (χ3v) is 7.12. The maximum absolute atomic E-state index is 14.7. The molecule has 1 aromatic carbocycles. The van der Waals surface area contributed by atoms with Crippen molar-refractivity contribution in [1.29, 1.82) is 0 Å². The number of piperidine rings is 1. The number of carbonyl (C=O) groups is 1. The van der Waals surface area contributed by atoms with E-state index in [2.05, 4.69) is 21.2 Å². The summed E-state index contributed by atoms with van der Waals surface area (Å²) in [5, 5.41) is 13.4. The molecule has 196 valence electrons. The number of carboxylic acid groups (broad SMARTS) is 1. The van der Waals surface area contributed by atoms with Crippen LogP contribution in [0.3, 0.4) is 0 Å². The number of carboxylic acids is 1. The first-order valence-electron chi connectivity index (χ1n) is 12.0. The minimum Gasteiger partial charge on any atom is -0.481 e. The fraction of sp³-hybridized carbons (Fsp3) is 0.520. The lowest BCUT2D eigenvalue weighted by molar-refractivity contribution is -0.153. The van der Waals surface area contributed by atoms with Gasteiger partial charge in [-0.15, -0.1) is 0 Å². The van der Waals surface area contributed by atoms with E-state index in [-0.39, 0.29) is 49.8 Å². The summed E-state index contributed by atoms with van der Waals surface area (Å²) in [6.07, 6.45) is -3.32. The van der Waals surface area contributed by atoms with Gasteiger partial charge < -0.3 is 10.4 Å². The van der Waals surface area contributed by atoms with Crippen molar-refractivity contribution in [2.75, 3.05) is 11.9 Å². The molecular formula is C25H31F4N5O2. The molecule has 0 spiro atoms. The highest BCUT2D eigenvalue weighted by molar-refractivity contribution is 5.75. The number of likely N-dealkylation sites (tertiary alicyclic amines) is 1. The average Bonchev–Trinajstić information content (AvgIpc) is 3.22. The predicted octanol–water partition coefficient (Wildman–Crippen LogP) is 4.16. The number of anilines is 1. The molecular weight excluding hydrogens is 478 g/mol. The summed E-state index contributed by atoms with van der Waals surface area (Å²) in [7, 11) is 0. The molecule has 2 fully saturated rings. The van der Waals surface area contributed by atoms with Gasteiger partial charge in [-0.05, 0) is 63.4 Å². The molecule has 2 saturated heterocycles. The summed E-state index contributed by atoms with van der Waals surface area (Å²) in [5.41, 5.74) is 4.83. The Labute approximate surface area is 207 Å².